The van der Waals surface area contributed by atoms with E-state index in [0.29, 0.717) is 27.3 Å². The SMILES string of the molecule is Cc1ccc(NC(=O)c2c(NC(=O)C(C)Oc3cccc(Cl)c3)sc3c2CCC(C(C)(C)C)C3)cc1. The quantitative estimate of drug-likeness (QED) is 0.350. The van der Waals surface area contributed by atoms with Gasteiger partial charge in [-0.15, -0.1) is 11.3 Å². The van der Waals surface area contributed by atoms with Gasteiger partial charge in [-0.25, -0.2) is 0 Å². The molecule has 0 saturated carbocycles. The van der Waals surface area contributed by atoms with Gasteiger partial charge < -0.3 is 15.4 Å². The number of fused-ring (bicyclic) bond motifs is 1. The maximum absolute atomic E-state index is 13.5. The molecule has 3 aromatic rings. The smallest absolute Gasteiger partial charge is 0.265 e. The van der Waals surface area contributed by atoms with Crippen LogP contribution >= 0.6 is 22.9 Å². The molecule has 2 N–H and O–H groups in total. The van der Waals surface area contributed by atoms with E-state index in [4.69, 9.17) is 16.3 Å². The molecule has 1 aliphatic carbocycles. The highest BCUT2D eigenvalue weighted by Gasteiger charge is 2.34. The van der Waals surface area contributed by atoms with Crippen LogP contribution in [0.1, 0.15) is 60.5 Å². The highest BCUT2D eigenvalue weighted by atomic mass is 35.5. The number of carbonyl (C=O) groups is 2. The summed E-state index contributed by atoms with van der Waals surface area (Å²) in [6.07, 6.45) is 1.96. The minimum absolute atomic E-state index is 0.175. The normalized spacial score (nSPS) is 16.1. The second kappa shape index (κ2) is 10.7. The largest absolute Gasteiger partial charge is 0.481 e. The van der Waals surface area contributed by atoms with Crippen LogP contribution in [0.25, 0.3) is 0 Å². The fraction of sp³-hybridized carbons (Fsp3) is 0.379. The lowest BCUT2D eigenvalue weighted by atomic mass is 9.72. The van der Waals surface area contributed by atoms with Gasteiger partial charge >= 0.3 is 0 Å². The first-order valence-corrected chi connectivity index (χ1v) is 13.5. The molecule has 0 spiro atoms. The van der Waals surface area contributed by atoms with Gasteiger partial charge in [0.05, 0.1) is 5.56 Å². The molecular formula is C29H33ClN2O3S. The summed E-state index contributed by atoms with van der Waals surface area (Å²) in [6, 6.07) is 14.7. The minimum Gasteiger partial charge on any atom is -0.481 e. The van der Waals surface area contributed by atoms with E-state index in [1.165, 1.54) is 16.2 Å². The van der Waals surface area contributed by atoms with Crippen LogP contribution in [0.2, 0.25) is 5.02 Å². The molecule has 2 amide bonds. The number of amides is 2. The fourth-order valence-electron chi connectivity index (χ4n) is 4.50. The van der Waals surface area contributed by atoms with Crippen LogP contribution in [0.5, 0.6) is 5.75 Å². The number of anilines is 2. The van der Waals surface area contributed by atoms with Gasteiger partial charge in [0.25, 0.3) is 11.8 Å². The molecule has 1 aromatic heterocycles. The van der Waals surface area contributed by atoms with Crippen molar-refractivity contribution in [3.63, 3.8) is 0 Å². The molecule has 1 aliphatic rings. The van der Waals surface area contributed by atoms with Gasteiger partial charge in [0.15, 0.2) is 6.10 Å². The standard InChI is InChI=1S/C29H33ClN2O3S/c1-17-9-12-21(13-10-17)31-27(34)25-23-14-11-19(29(3,4)5)15-24(23)36-28(25)32-26(33)18(2)35-22-8-6-7-20(30)16-22/h6-10,12-13,16,18-19H,11,14-15H2,1-5H3,(H,31,34)(H,32,33). The fourth-order valence-corrected chi connectivity index (χ4v) is 6.00. The molecular weight excluding hydrogens is 492 g/mol. The Morgan fingerprint density at radius 1 is 1.11 bits per heavy atom. The van der Waals surface area contributed by atoms with Gasteiger partial charge in [-0.05, 0) is 80.3 Å². The van der Waals surface area contributed by atoms with Crippen molar-refractivity contribution in [1.29, 1.82) is 0 Å². The first kappa shape index (κ1) is 26.2. The Kier molecular flexibility index (Phi) is 7.76. The molecule has 0 fully saturated rings. The van der Waals surface area contributed by atoms with Crippen LogP contribution in [0.15, 0.2) is 48.5 Å². The van der Waals surface area contributed by atoms with Gasteiger partial charge in [0.2, 0.25) is 0 Å². The third-order valence-corrected chi connectivity index (χ3v) is 8.15. The van der Waals surface area contributed by atoms with Crippen LogP contribution in [0.4, 0.5) is 10.7 Å². The van der Waals surface area contributed by atoms with Crippen molar-refractivity contribution in [3.05, 3.63) is 75.1 Å². The summed E-state index contributed by atoms with van der Waals surface area (Å²) in [7, 11) is 0. The number of thiophene rings is 1. The number of carbonyl (C=O) groups excluding carboxylic acids is 2. The summed E-state index contributed by atoms with van der Waals surface area (Å²) in [5, 5.41) is 7.13. The topological polar surface area (TPSA) is 67.4 Å². The Morgan fingerprint density at radius 2 is 1.83 bits per heavy atom. The first-order valence-electron chi connectivity index (χ1n) is 12.3. The van der Waals surface area contributed by atoms with Gasteiger partial charge in [-0.3, -0.25) is 9.59 Å². The zero-order valence-corrected chi connectivity index (χ0v) is 23.0. The molecule has 0 saturated heterocycles. The Balaban J connectivity index is 1.60. The molecule has 2 atom stereocenters. The van der Waals surface area contributed by atoms with E-state index < -0.39 is 6.10 Å². The van der Waals surface area contributed by atoms with Crippen LogP contribution in [0, 0.1) is 18.3 Å². The monoisotopic (exact) mass is 524 g/mol. The lowest BCUT2D eigenvalue weighted by Crippen LogP contribution is -2.30. The maximum atomic E-state index is 13.5. The van der Waals surface area contributed by atoms with Crippen molar-refractivity contribution in [1.82, 2.24) is 0 Å². The average molecular weight is 525 g/mol. The van der Waals surface area contributed by atoms with Crippen molar-refractivity contribution in [2.75, 3.05) is 10.6 Å². The highest BCUT2D eigenvalue weighted by Crippen LogP contribution is 2.44. The first-order chi connectivity index (χ1) is 17.0. The van der Waals surface area contributed by atoms with Crippen molar-refractivity contribution in [3.8, 4) is 5.75 Å². The van der Waals surface area contributed by atoms with Crippen molar-refractivity contribution in [2.24, 2.45) is 11.3 Å². The van der Waals surface area contributed by atoms with E-state index in [1.807, 2.05) is 31.2 Å². The molecule has 2 aromatic carbocycles. The van der Waals surface area contributed by atoms with Gasteiger partial charge in [-0.1, -0.05) is 56.1 Å². The summed E-state index contributed by atoms with van der Waals surface area (Å²) in [4.78, 5) is 27.8. The lowest BCUT2D eigenvalue weighted by Gasteiger charge is -2.33. The summed E-state index contributed by atoms with van der Waals surface area (Å²) in [5.74, 6) is 0.515. The average Bonchev–Trinajstić information content (AvgIpc) is 3.17. The predicted molar refractivity (Wildman–Crippen MR) is 149 cm³/mol. The van der Waals surface area contributed by atoms with Crippen LogP contribution in [-0.2, 0) is 17.6 Å². The molecule has 0 bridgehead atoms. The number of aryl methyl sites for hydroxylation is 1. The molecule has 36 heavy (non-hydrogen) atoms. The Hall–Kier alpha value is -2.83. The second-order valence-electron chi connectivity index (χ2n) is 10.5. The molecule has 2 unspecified atom stereocenters. The highest BCUT2D eigenvalue weighted by molar-refractivity contribution is 7.17. The molecule has 7 heteroatoms. The van der Waals surface area contributed by atoms with E-state index in [1.54, 1.807) is 31.2 Å². The third kappa shape index (κ3) is 6.11. The van der Waals surface area contributed by atoms with Crippen molar-refractivity contribution >= 4 is 45.4 Å². The van der Waals surface area contributed by atoms with Crippen LogP contribution in [0.3, 0.4) is 0 Å². The van der Waals surface area contributed by atoms with Crippen LogP contribution < -0.4 is 15.4 Å². The molecule has 1 heterocycles. The van der Waals surface area contributed by atoms with E-state index in [9.17, 15) is 9.59 Å². The summed E-state index contributed by atoms with van der Waals surface area (Å²) in [6.45, 7) is 10.5. The number of benzene rings is 2. The van der Waals surface area contributed by atoms with E-state index in [2.05, 4.69) is 31.4 Å². The van der Waals surface area contributed by atoms with Gasteiger partial charge in [-0.2, -0.15) is 0 Å². The van der Waals surface area contributed by atoms with Gasteiger partial charge in [0.1, 0.15) is 10.8 Å². The Labute approximate surface area is 222 Å². The Morgan fingerprint density at radius 3 is 2.50 bits per heavy atom. The molecule has 5 nitrogen and oxygen atoms in total. The van der Waals surface area contributed by atoms with Crippen molar-refractivity contribution in [2.45, 2.75) is 60.0 Å². The number of ether oxygens (including phenoxy) is 1. The predicted octanol–water partition coefficient (Wildman–Crippen LogP) is 7.52. The summed E-state index contributed by atoms with van der Waals surface area (Å²) >= 11 is 7.55. The van der Waals surface area contributed by atoms with Gasteiger partial charge in [0, 0.05) is 15.6 Å². The lowest BCUT2D eigenvalue weighted by molar-refractivity contribution is -0.122. The Bertz CT molecular complexity index is 1260. The van der Waals surface area contributed by atoms with Crippen molar-refractivity contribution < 1.29 is 14.3 Å². The number of nitrogens with one attached hydrogen (secondary N) is 2. The third-order valence-electron chi connectivity index (χ3n) is 6.74. The molecule has 0 aliphatic heterocycles. The minimum atomic E-state index is -0.766. The molecule has 4 rings (SSSR count). The number of rotatable bonds is 6. The molecule has 0 radical (unpaired) electrons. The number of hydrogen-bond donors (Lipinski definition) is 2. The van der Waals surface area contributed by atoms with E-state index in [0.717, 1.165) is 36.1 Å². The van der Waals surface area contributed by atoms with E-state index in [-0.39, 0.29) is 17.2 Å². The maximum Gasteiger partial charge on any atom is 0.265 e. The number of hydrogen-bond acceptors (Lipinski definition) is 4. The number of halogens is 1. The molecule has 190 valence electrons. The van der Waals surface area contributed by atoms with Crippen LogP contribution in [-0.4, -0.2) is 17.9 Å². The second-order valence-corrected chi connectivity index (χ2v) is 12.1. The zero-order valence-electron chi connectivity index (χ0n) is 21.4. The summed E-state index contributed by atoms with van der Waals surface area (Å²) in [5.41, 5.74) is 3.63. The van der Waals surface area contributed by atoms with E-state index >= 15 is 0 Å². The zero-order chi connectivity index (χ0) is 26.0. The summed E-state index contributed by atoms with van der Waals surface area (Å²) < 4.78 is 5.81.